The molecule has 3 aromatic heterocycles. The van der Waals surface area contributed by atoms with Crippen LogP contribution in [0.2, 0.25) is 0 Å². The zero-order valence-electron chi connectivity index (χ0n) is 7.64. The Kier molecular flexibility index (Phi) is 2.56. The summed E-state index contributed by atoms with van der Waals surface area (Å²) in [5.74, 6) is 0. The number of alkyl halides is 1. The van der Waals surface area contributed by atoms with Crippen LogP contribution in [0.4, 0.5) is 0 Å². The molecule has 0 amide bonds. The second-order valence-corrected chi connectivity index (χ2v) is 6.65. The van der Waals surface area contributed by atoms with Crippen LogP contribution < -0.4 is 0 Å². The van der Waals surface area contributed by atoms with Crippen molar-refractivity contribution >= 4 is 55.0 Å². The molecule has 0 saturated heterocycles. The third kappa shape index (κ3) is 1.74. The molecular formula is C11H7ClS3. The van der Waals surface area contributed by atoms with Crippen LogP contribution in [0.5, 0.6) is 0 Å². The molecule has 0 aromatic carbocycles. The molecule has 0 fully saturated rings. The molecule has 15 heavy (non-hydrogen) atoms. The van der Waals surface area contributed by atoms with Gasteiger partial charge in [-0.05, 0) is 29.0 Å². The average Bonchev–Trinajstić information content (AvgIpc) is 2.92. The number of rotatable bonds is 2. The summed E-state index contributed by atoms with van der Waals surface area (Å²) in [5.41, 5.74) is 0. The number of fused-ring (bicyclic) bond motifs is 1. The maximum atomic E-state index is 6.43. The van der Waals surface area contributed by atoms with Crippen LogP contribution in [0.15, 0.2) is 35.0 Å². The number of thiophene rings is 3. The van der Waals surface area contributed by atoms with Crippen molar-refractivity contribution in [3.63, 3.8) is 0 Å². The molecule has 0 nitrogen and oxygen atoms in total. The van der Waals surface area contributed by atoms with Crippen LogP contribution in [-0.2, 0) is 0 Å². The van der Waals surface area contributed by atoms with Gasteiger partial charge >= 0.3 is 0 Å². The minimum Gasteiger partial charge on any atom is -0.147 e. The zero-order valence-corrected chi connectivity index (χ0v) is 10.8. The Labute approximate surface area is 105 Å². The van der Waals surface area contributed by atoms with Crippen molar-refractivity contribution in [2.45, 2.75) is 5.38 Å². The first kappa shape index (κ1) is 9.85. The van der Waals surface area contributed by atoms with Crippen molar-refractivity contribution in [2.24, 2.45) is 0 Å². The van der Waals surface area contributed by atoms with Crippen LogP contribution in [0.1, 0.15) is 15.1 Å². The van der Waals surface area contributed by atoms with Crippen molar-refractivity contribution in [1.82, 2.24) is 0 Å². The molecule has 0 saturated carbocycles. The molecule has 1 unspecified atom stereocenters. The molecular weight excluding hydrogens is 264 g/mol. The molecule has 0 aliphatic carbocycles. The second-order valence-electron chi connectivity index (χ2n) is 3.18. The minimum absolute atomic E-state index is 0.0228. The van der Waals surface area contributed by atoms with Gasteiger partial charge in [0, 0.05) is 19.2 Å². The summed E-state index contributed by atoms with van der Waals surface area (Å²) in [6, 6.07) is 8.51. The van der Waals surface area contributed by atoms with Crippen LogP contribution in [0, 0.1) is 0 Å². The average molecular weight is 271 g/mol. The van der Waals surface area contributed by atoms with Crippen molar-refractivity contribution < 1.29 is 0 Å². The molecule has 0 radical (unpaired) electrons. The molecule has 0 bridgehead atoms. The van der Waals surface area contributed by atoms with E-state index in [0.717, 1.165) is 0 Å². The van der Waals surface area contributed by atoms with Gasteiger partial charge in [0.25, 0.3) is 0 Å². The number of hydrogen-bond donors (Lipinski definition) is 0. The summed E-state index contributed by atoms with van der Waals surface area (Å²) >= 11 is 11.7. The van der Waals surface area contributed by atoms with Crippen LogP contribution in [0.3, 0.4) is 0 Å². The van der Waals surface area contributed by atoms with Gasteiger partial charge in [-0.2, -0.15) is 0 Å². The summed E-state index contributed by atoms with van der Waals surface area (Å²) in [6.07, 6.45) is 0. The normalized spacial score (nSPS) is 13.4. The van der Waals surface area contributed by atoms with E-state index in [2.05, 4.69) is 29.0 Å². The van der Waals surface area contributed by atoms with E-state index in [1.54, 1.807) is 34.0 Å². The molecule has 3 aromatic rings. The van der Waals surface area contributed by atoms with E-state index in [1.807, 2.05) is 6.07 Å². The summed E-state index contributed by atoms with van der Waals surface area (Å²) in [5, 5.41) is 4.22. The Hall–Kier alpha value is -0.350. The predicted octanol–water partition coefficient (Wildman–Crippen LogP) is 5.35. The van der Waals surface area contributed by atoms with Gasteiger partial charge in [-0.1, -0.05) is 6.07 Å². The maximum Gasteiger partial charge on any atom is 0.102 e. The van der Waals surface area contributed by atoms with E-state index in [1.165, 1.54) is 19.2 Å². The van der Waals surface area contributed by atoms with Gasteiger partial charge in [-0.15, -0.1) is 45.6 Å². The highest BCUT2D eigenvalue weighted by molar-refractivity contribution is 7.27. The molecule has 76 valence electrons. The first-order valence-corrected chi connectivity index (χ1v) is 7.50. The van der Waals surface area contributed by atoms with Crippen molar-refractivity contribution in [1.29, 1.82) is 0 Å². The van der Waals surface area contributed by atoms with E-state index < -0.39 is 0 Å². The molecule has 0 N–H and O–H groups in total. The third-order valence-corrected chi connectivity index (χ3v) is 6.03. The largest absolute Gasteiger partial charge is 0.147 e. The van der Waals surface area contributed by atoms with Gasteiger partial charge in [0.15, 0.2) is 0 Å². The van der Waals surface area contributed by atoms with E-state index in [-0.39, 0.29) is 5.38 Å². The van der Waals surface area contributed by atoms with Gasteiger partial charge < -0.3 is 0 Å². The summed E-state index contributed by atoms with van der Waals surface area (Å²) < 4.78 is 2.69. The lowest BCUT2D eigenvalue weighted by atomic mass is 10.3. The highest BCUT2D eigenvalue weighted by Gasteiger charge is 2.15. The molecule has 0 spiro atoms. The van der Waals surface area contributed by atoms with Crippen molar-refractivity contribution in [2.75, 3.05) is 0 Å². The lowest BCUT2D eigenvalue weighted by Gasteiger charge is -2.02. The number of halogens is 1. The van der Waals surface area contributed by atoms with E-state index in [9.17, 15) is 0 Å². The smallest absolute Gasteiger partial charge is 0.102 e. The highest BCUT2D eigenvalue weighted by atomic mass is 35.5. The maximum absolute atomic E-state index is 6.43. The number of hydrogen-bond acceptors (Lipinski definition) is 3. The molecule has 3 heterocycles. The topological polar surface area (TPSA) is 0 Å². The van der Waals surface area contributed by atoms with Gasteiger partial charge in [0.1, 0.15) is 5.38 Å². The second kappa shape index (κ2) is 3.91. The SMILES string of the molecule is ClC(c1cccs1)c1cc2sccc2s1. The summed E-state index contributed by atoms with van der Waals surface area (Å²) in [6.45, 7) is 0. The Balaban J connectivity index is 2.03. The van der Waals surface area contributed by atoms with Crippen LogP contribution in [0.25, 0.3) is 9.40 Å². The van der Waals surface area contributed by atoms with Gasteiger partial charge in [-0.3, -0.25) is 0 Å². The van der Waals surface area contributed by atoms with Gasteiger partial charge in [0.05, 0.1) is 0 Å². The van der Waals surface area contributed by atoms with Crippen molar-refractivity contribution in [3.05, 3.63) is 44.8 Å². The van der Waals surface area contributed by atoms with Crippen LogP contribution >= 0.6 is 45.6 Å². The third-order valence-electron chi connectivity index (χ3n) is 2.20. The highest BCUT2D eigenvalue weighted by Crippen LogP contribution is 2.40. The van der Waals surface area contributed by atoms with Crippen LogP contribution in [-0.4, -0.2) is 0 Å². The fraction of sp³-hybridized carbons (Fsp3) is 0.0909. The van der Waals surface area contributed by atoms with E-state index in [4.69, 9.17) is 11.6 Å². The molecule has 4 heteroatoms. The summed E-state index contributed by atoms with van der Waals surface area (Å²) in [7, 11) is 0. The Bertz CT molecular complexity index is 533. The van der Waals surface area contributed by atoms with Crippen molar-refractivity contribution in [3.8, 4) is 0 Å². The van der Waals surface area contributed by atoms with Gasteiger partial charge in [-0.25, -0.2) is 0 Å². The van der Waals surface area contributed by atoms with E-state index >= 15 is 0 Å². The zero-order chi connectivity index (χ0) is 10.3. The Morgan fingerprint density at radius 1 is 1.00 bits per heavy atom. The lowest BCUT2D eigenvalue weighted by Crippen LogP contribution is -1.83. The first-order valence-electron chi connectivity index (χ1n) is 4.49. The van der Waals surface area contributed by atoms with Gasteiger partial charge in [0.2, 0.25) is 0 Å². The standard InChI is InChI=1S/C11H7ClS3/c12-11(8-2-1-4-13-8)10-6-9-7(15-10)3-5-14-9/h1-6,11H. The van der Waals surface area contributed by atoms with E-state index in [0.29, 0.717) is 0 Å². The fourth-order valence-corrected chi connectivity index (χ4v) is 4.82. The monoisotopic (exact) mass is 270 g/mol. The lowest BCUT2D eigenvalue weighted by molar-refractivity contribution is 1.24. The molecule has 0 aliphatic heterocycles. The Morgan fingerprint density at radius 3 is 2.67 bits per heavy atom. The first-order chi connectivity index (χ1) is 7.34. The molecule has 0 aliphatic rings. The molecule has 1 atom stereocenters. The minimum atomic E-state index is 0.0228. The Morgan fingerprint density at radius 2 is 1.93 bits per heavy atom. The fourth-order valence-electron chi connectivity index (χ4n) is 1.49. The predicted molar refractivity (Wildman–Crippen MR) is 71.7 cm³/mol. The molecule has 3 rings (SSSR count). The quantitative estimate of drug-likeness (QED) is 0.551. The summed E-state index contributed by atoms with van der Waals surface area (Å²) in [4.78, 5) is 2.48.